The molecule has 1 aliphatic heterocycles. The minimum atomic E-state index is -0.151. The molecule has 136 valence electrons. The Morgan fingerprint density at radius 3 is 2.85 bits per heavy atom. The molecule has 1 aliphatic rings. The summed E-state index contributed by atoms with van der Waals surface area (Å²) in [5.74, 6) is 0.740. The molecule has 0 aromatic heterocycles. The summed E-state index contributed by atoms with van der Waals surface area (Å²) in [7, 11) is 0. The maximum atomic E-state index is 12.3. The van der Waals surface area contributed by atoms with Gasteiger partial charge in [0.05, 0.1) is 6.04 Å². The van der Waals surface area contributed by atoms with Gasteiger partial charge < -0.3 is 10.6 Å². The van der Waals surface area contributed by atoms with E-state index in [2.05, 4.69) is 10.6 Å². The van der Waals surface area contributed by atoms with Gasteiger partial charge in [-0.05, 0) is 48.7 Å². The summed E-state index contributed by atoms with van der Waals surface area (Å²) in [6, 6.07) is 13.2. The van der Waals surface area contributed by atoms with Crippen LogP contribution in [0.15, 0.2) is 47.4 Å². The monoisotopic (exact) mass is 388 g/mol. The fourth-order valence-corrected chi connectivity index (χ4v) is 4.28. The quantitative estimate of drug-likeness (QED) is 0.809. The zero-order valence-corrected chi connectivity index (χ0v) is 16.1. The number of nitrogens with one attached hydrogen (secondary N) is 2. The van der Waals surface area contributed by atoms with Gasteiger partial charge in [0.2, 0.25) is 5.91 Å². The van der Waals surface area contributed by atoms with E-state index in [4.69, 9.17) is 11.6 Å². The molecular formula is C20H21ClN2O2S. The van der Waals surface area contributed by atoms with E-state index in [0.29, 0.717) is 17.1 Å². The van der Waals surface area contributed by atoms with Crippen LogP contribution in [-0.2, 0) is 4.79 Å². The normalized spacial score (nSPS) is 15.8. The third kappa shape index (κ3) is 4.59. The number of amides is 2. The van der Waals surface area contributed by atoms with E-state index in [1.165, 1.54) is 4.90 Å². The minimum absolute atomic E-state index is 0.0236. The number of thioether (sulfide) groups is 1. The summed E-state index contributed by atoms with van der Waals surface area (Å²) in [5, 5.41) is 6.55. The Hall–Kier alpha value is -1.98. The lowest BCUT2D eigenvalue weighted by Gasteiger charge is -2.26. The van der Waals surface area contributed by atoms with Crippen molar-refractivity contribution in [2.24, 2.45) is 0 Å². The molecule has 6 heteroatoms. The molecule has 3 rings (SSSR count). The van der Waals surface area contributed by atoms with E-state index in [9.17, 15) is 9.59 Å². The number of benzene rings is 2. The first-order chi connectivity index (χ1) is 12.5. The van der Waals surface area contributed by atoms with Gasteiger partial charge in [-0.3, -0.25) is 9.59 Å². The van der Waals surface area contributed by atoms with E-state index in [1.807, 2.05) is 43.3 Å². The number of fused-ring (bicyclic) bond motifs is 1. The number of rotatable bonds is 5. The Morgan fingerprint density at radius 2 is 2.04 bits per heavy atom. The van der Waals surface area contributed by atoms with Crippen LogP contribution in [0, 0.1) is 6.92 Å². The third-order valence-corrected chi connectivity index (χ3v) is 5.73. The largest absolute Gasteiger partial charge is 0.352 e. The lowest BCUT2D eigenvalue weighted by atomic mass is 10.0. The van der Waals surface area contributed by atoms with Crippen LogP contribution < -0.4 is 10.6 Å². The first kappa shape index (κ1) is 18.8. The predicted octanol–water partition coefficient (Wildman–Crippen LogP) is 4.12. The summed E-state index contributed by atoms with van der Waals surface area (Å²) in [4.78, 5) is 25.6. The highest BCUT2D eigenvalue weighted by atomic mass is 35.5. The molecule has 0 saturated carbocycles. The van der Waals surface area contributed by atoms with Crippen LogP contribution in [0.3, 0.4) is 0 Å². The standard InChI is InChI=1S/C20H21ClN2O2S/c1-13-4-2-3-5-15(13)20(25)22-10-8-19(24)23-17-9-11-26-18-7-6-14(21)12-16(17)18/h2-7,12,17H,8-11H2,1H3,(H,22,25)(H,23,24). The molecule has 0 spiro atoms. The highest BCUT2D eigenvalue weighted by Crippen LogP contribution is 2.37. The molecule has 0 bridgehead atoms. The van der Waals surface area contributed by atoms with Crippen molar-refractivity contribution in [1.29, 1.82) is 0 Å². The fraction of sp³-hybridized carbons (Fsp3) is 0.300. The van der Waals surface area contributed by atoms with Gasteiger partial charge in [0.25, 0.3) is 5.91 Å². The second-order valence-corrected chi connectivity index (χ2v) is 7.83. The minimum Gasteiger partial charge on any atom is -0.352 e. The van der Waals surface area contributed by atoms with Crippen molar-refractivity contribution in [2.45, 2.75) is 30.7 Å². The average molecular weight is 389 g/mol. The molecule has 2 amide bonds. The number of carbonyl (C=O) groups is 2. The van der Waals surface area contributed by atoms with Crippen molar-refractivity contribution in [3.63, 3.8) is 0 Å². The van der Waals surface area contributed by atoms with E-state index in [1.54, 1.807) is 17.8 Å². The maximum absolute atomic E-state index is 12.3. The zero-order chi connectivity index (χ0) is 18.5. The van der Waals surface area contributed by atoms with Crippen LogP contribution >= 0.6 is 23.4 Å². The Bertz CT molecular complexity index is 825. The van der Waals surface area contributed by atoms with Crippen LogP contribution in [-0.4, -0.2) is 24.1 Å². The molecular weight excluding hydrogens is 368 g/mol. The highest BCUT2D eigenvalue weighted by Gasteiger charge is 2.22. The van der Waals surface area contributed by atoms with E-state index >= 15 is 0 Å². The summed E-state index contributed by atoms with van der Waals surface area (Å²) < 4.78 is 0. The van der Waals surface area contributed by atoms with Crippen LogP contribution in [0.2, 0.25) is 5.02 Å². The lowest BCUT2D eigenvalue weighted by molar-refractivity contribution is -0.121. The smallest absolute Gasteiger partial charge is 0.251 e. The third-order valence-electron chi connectivity index (χ3n) is 4.37. The summed E-state index contributed by atoms with van der Waals surface area (Å²) in [6.07, 6.45) is 1.12. The molecule has 4 nitrogen and oxygen atoms in total. The molecule has 2 N–H and O–H groups in total. The molecule has 0 aliphatic carbocycles. The molecule has 1 atom stereocenters. The van der Waals surface area contributed by atoms with Gasteiger partial charge in [-0.15, -0.1) is 11.8 Å². The van der Waals surface area contributed by atoms with Gasteiger partial charge in [-0.25, -0.2) is 0 Å². The number of halogens is 1. The first-order valence-electron chi connectivity index (χ1n) is 8.60. The maximum Gasteiger partial charge on any atom is 0.251 e. The topological polar surface area (TPSA) is 58.2 Å². The van der Waals surface area contributed by atoms with Crippen molar-refractivity contribution in [3.05, 3.63) is 64.2 Å². The van der Waals surface area contributed by atoms with Crippen LogP contribution in [0.1, 0.15) is 40.4 Å². The number of carbonyl (C=O) groups excluding carboxylic acids is 2. The second-order valence-electron chi connectivity index (χ2n) is 6.26. The number of hydrogen-bond acceptors (Lipinski definition) is 3. The van der Waals surface area contributed by atoms with E-state index in [-0.39, 0.29) is 24.3 Å². The van der Waals surface area contributed by atoms with Gasteiger partial charge in [0.1, 0.15) is 0 Å². The molecule has 2 aromatic rings. The van der Waals surface area contributed by atoms with Gasteiger partial charge in [0, 0.05) is 34.2 Å². The van der Waals surface area contributed by atoms with Crippen LogP contribution in [0.25, 0.3) is 0 Å². The molecule has 26 heavy (non-hydrogen) atoms. The van der Waals surface area contributed by atoms with Crippen LogP contribution in [0.5, 0.6) is 0 Å². The van der Waals surface area contributed by atoms with Crippen molar-refractivity contribution < 1.29 is 9.59 Å². The number of hydrogen-bond donors (Lipinski definition) is 2. The Morgan fingerprint density at radius 1 is 1.23 bits per heavy atom. The molecule has 1 heterocycles. The summed E-state index contributed by atoms with van der Waals surface area (Å²) in [6.45, 7) is 2.20. The first-order valence-corrected chi connectivity index (χ1v) is 9.96. The summed E-state index contributed by atoms with van der Waals surface area (Å²) >= 11 is 7.88. The summed E-state index contributed by atoms with van der Waals surface area (Å²) in [5.41, 5.74) is 2.63. The Balaban J connectivity index is 1.52. The SMILES string of the molecule is Cc1ccccc1C(=O)NCCC(=O)NC1CCSc2ccc(Cl)cc21. The molecule has 0 saturated heterocycles. The van der Waals surface area contributed by atoms with Crippen molar-refractivity contribution >= 4 is 35.2 Å². The molecule has 0 fully saturated rings. The lowest BCUT2D eigenvalue weighted by Crippen LogP contribution is -2.34. The van der Waals surface area contributed by atoms with E-state index in [0.717, 1.165) is 23.3 Å². The molecule has 2 aromatic carbocycles. The Labute approximate surface area is 162 Å². The van der Waals surface area contributed by atoms with Crippen molar-refractivity contribution in [1.82, 2.24) is 10.6 Å². The Kier molecular flexibility index (Phi) is 6.22. The molecule has 1 unspecified atom stereocenters. The zero-order valence-electron chi connectivity index (χ0n) is 14.5. The average Bonchev–Trinajstić information content (AvgIpc) is 2.62. The number of aryl methyl sites for hydroxylation is 1. The van der Waals surface area contributed by atoms with Gasteiger partial charge in [-0.2, -0.15) is 0 Å². The van der Waals surface area contributed by atoms with Gasteiger partial charge in [0.15, 0.2) is 0 Å². The van der Waals surface area contributed by atoms with Crippen molar-refractivity contribution in [3.8, 4) is 0 Å². The van der Waals surface area contributed by atoms with Crippen molar-refractivity contribution in [2.75, 3.05) is 12.3 Å². The van der Waals surface area contributed by atoms with Gasteiger partial charge in [-0.1, -0.05) is 29.8 Å². The second kappa shape index (κ2) is 8.60. The predicted molar refractivity (Wildman–Crippen MR) is 106 cm³/mol. The van der Waals surface area contributed by atoms with Crippen LogP contribution in [0.4, 0.5) is 0 Å². The fourth-order valence-electron chi connectivity index (χ4n) is 2.99. The van der Waals surface area contributed by atoms with E-state index < -0.39 is 0 Å². The highest BCUT2D eigenvalue weighted by molar-refractivity contribution is 7.99. The molecule has 0 radical (unpaired) electrons. The van der Waals surface area contributed by atoms with Gasteiger partial charge >= 0.3 is 0 Å².